The highest BCUT2D eigenvalue weighted by Crippen LogP contribution is 2.32. The summed E-state index contributed by atoms with van der Waals surface area (Å²) >= 11 is 0. The van der Waals surface area contributed by atoms with Crippen molar-refractivity contribution in [3.05, 3.63) is 35.4 Å². The van der Waals surface area contributed by atoms with Crippen LogP contribution >= 0.6 is 0 Å². The third-order valence-electron chi connectivity index (χ3n) is 4.54. The minimum Gasteiger partial charge on any atom is -0.480 e. The SMILES string of the molecule is CC(CC(=O)NC1(C(=O)O)CCCC1)c1ccc(C(F)(F)F)cc1. The zero-order valence-corrected chi connectivity index (χ0v) is 13.3. The molecule has 132 valence electrons. The summed E-state index contributed by atoms with van der Waals surface area (Å²) in [5, 5.41) is 12.0. The highest BCUT2D eigenvalue weighted by Gasteiger charge is 2.42. The minimum atomic E-state index is -4.39. The first-order valence-electron chi connectivity index (χ1n) is 7.86. The lowest BCUT2D eigenvalue weighted by atomic mass is 9.94. The Morgan fingerprint density at radius 2 is 1.75 bits per heavy atom. The van der Waals surface area contributed by atoms with E-state index in [1.165, 1.54) is 12.1 Å². The predicted octanol–water partition coefficient (Wildman–Crippen LogP) is 3.71. The zero-order valence-electron chi connectivity index (χ0n) is 13.3. The first-order valence-corrected chi connectivity index (χ1v) is 7.86. The van der Waals surface area contributed by atoms with Crippen LogP contribution in [0.4, 0.5) is 13.2 Å². The Morgan fingerprint density at radius 3 is 2.21 bits per heavy atom. The number of rotatable bonds is 5. The molecule has 1 unspecified atom stereocenters. The summed E-state index contributed by atoms with van der Waals surface area (Å²) in [5.41, 5.74) is -1.33. The second-order valence-electron chi connectivity index (χ2n) is 6.37. The molecule has 1 aromatic rings. The van der Waals surface area contributed by atoms with Crippen LogP contribution in [0, 0.1) is 0 Å². The smallest absolute Gasteiger partial charge is 0.416 e. The molecular formula is C17H20F3NO3. The fourth-order valence-electron chi connectivity index (χ4n) is 3.09. The third kappa shape index (κ3) is 4.07. The molecule has 0 aliphatic heterocycles. The molecule has 1 fully saturated rings. The van der Waals surface area contributed by atoms with Gasteiger partial charge in [0.05, 0.1) is 5.56 Å². The molecule has 1 amide bonds. The van der Waals surface area contributed by atoms with Gasteiger partial charge in [-0.05, 0) is 36.5 Å². The number of alkyl halides is 3. The van der Waals surface area contributed by atoms with Gasteiger partial charge in [-0.25, -0.2) is 4.79 Å². The van der Waals surface area contributed by atoms with Gasteiger partial charge in [0.1, 0.15) is 5.54 Å². The van der Waals surface area contributed by atoms with Crippen molar-refractivity contribution >= 4 is 11.9 Å². The van der Waals surface area contributed by atoms with E-state index in [1.807, 2.05) is 0 Å². The van der Waals surface area contributed by atoms with E-state index in [4.69, 9.17) is 0 Å². The van der Waals surface area contributed by atoms with Gasteiger partial charge in [-0.15, -0.1) is 0 Å². The van der Waals surface area contributed by atoms with Crippen molar-refractivity contribution in [2.45, 2.75) is 56.7 Å². The van der Waals surface area contributed by atoms with Gasteiger partial charge in [0.15, 0.2) is 0 Å². The molecule has 4 nitrogen and oxygen atoms in total. The summed E-state index contributed by atoms with van der Waals surface area (Å²) in [6.45, 7) is 1.73. The van der Waals surface area contributed by atoms with Gasteiger partial charge in [0.25, 0.3) is 0 Å². The van der Waals surface area contributed by atoms with Gasteiger partial charge in [-0.1, -0.05) is 31.9 Å². The lowest BCUT2D eigenvalue weighted by Gasteiger charge is -2.26. The molecule has 0 spiro atoms. The average molecular weight is 343 g/mol. The summed E-state index contributed by atoms with van der Waals surface area (Å²) in [4.78, 5) is 23.6. The lowest BCUT2D eigenvalue weighted by molar-refractivity contribution is -0.147. The standard InChI is InChI=1S/C17H20F3NO3/c1-11(12-4-6-13(7-5-12)17(18,19)20)10-14(22)21-16(15(23)24)8-2-3-9-16/h4-7,11H,2-3,8-10H2,1H3,(H,21,22)(H,23,24). The van der Waals surface area contributed by atoms with Crippen LogP contribution in [-0.2, 0) is 15.8 Å². The van der Waals surface area contributed by atoms with Gasteiger partial charge in [-0.3, -0.25) is 4.79 Å². The van der Waals surface area contributed by atoms with E-state index in [1.54, 1.807) is 6.92 Å². The van der Waals surface area contributed by atoms with E-state index in [0.717, 1.165) is 25.0 Å². The summed E-state index contributed by atoms with van der Waals surface area (Å²) in [6, 6.07) is 4.67. The number of benzene rings is 1. The van der Waals surface area contributed by atoms with Crippen molar-refractivity contribution in [1.82, 2.24) is 5.32 Å². The molecule has 0 heterocycles. The number of nitrogens with one attached hydrogen (secondary N) is 1. The summed E-state index contributed by atoms with van der Waals surface area (Å²) < 4.78 is 37.7. The average Bonchev–Trinajstić information content (AvgIpc) is 2.96. The second kappa shape index (κ2) is 6.83. The number of carboxylic acids is 1. The molecular weight excluding hydrogens is 323 g/mol. The van der Waals surface area contributed by atoms with E-state index in [2.05, 4.69) is 5.32 Å². The number of aliphatic carboxylic acids is 1. The molecule has 24 heavy (non-hydrogen) atoms. The number of carbonyl (C=O) groups is 2. The predicted molar refractivity (Wildman–Crippen MR) is 81.5 cm³/mol. The van der Waals surface area contributed by atoms with Crippen LogP contribution in [-0.4, -0.2) is 22.5 Å². The van der Waals surface area contributed by atoms with Gasteiger partial charge in [0, 0.05) is 6.42 Å². The van der Waals surface area contributed by atoms with Crippen molar-refractivity contribution in [2.24, 2.45) is 0 Å². The molecule has 2 rings (SSSR count). The Labute approximate surface area is 138 Å². The number of carboxylic acid groups (broad SMARTS) is 1. The summed E-state index contributed by atoms with van der Waals surface area (Å²) in [6.07, 6.45) is -2.05. The monoisotopic (exact) mass is 343 g/mol. The summed E-state index contributed by atoms with van der Waals surface area (Å²) in [5.74, 6) is -1.73. The van der Waals surface area contributed by atoms with Crippen molar-refractivity contribution in [1.29, 1.82) is 0 Å². The Balaban J connectivity index is 2.00. The Morgan fingerprint density at radius 1 is 1.21 bits per heavy atom. The molecule has 1 atom stereocenters. The normalized spacial score (nSPS) is 18.2. The van der Waals surface area contributed by atoms with Crippen LogP contribution in [0.1, 0.15) is 56.1 Å². The van der Waals surface area contributed by atoms with Crippen LogP contribution in [0.15, 0.2) is 24.3 Å². The van der Waals surface area contributed by atoms with Crippen molar-refractivity contribution in [3.8, 4) is 0 Å². The van der Waals surface area contributed by atoms with Crippen LogP contribution in [0.3, 0.4) is 0 Å². The fourth-order valence-corrected chi connectivity index (χ4v) is 3.09. The Hall–Kier alpha value is -2.05. The maximum absolute atomic E-state index is 12.6. The number of hydrogen-bond acceptors (Lipinski definition) is 2. The molecule has 1 aromatic carbocycles. The number of halogens is 3. The molecule has 0 bridgehead atoms. The highest BCUT2D eigenvalue weighted by atomic mass is 19.4. The van der Waals surface area contributed by atoms with E-state index < -0.39 is 29.2 Å². The molecule has 1 aliphatic rings. The van der Waals surface area contributed by atoms with Crippen molar-refractivity contribution in [3.63, 3.8) is 0 Å². The largest absolute Gasteiger partial charge is 0.480 e. The van der Waals surface area contributed by atoms with Gasteiger partial charge >= 0.3 is 12.1 Å². The molecule has 1 aliphatic carbocycles. The van der Waals surface area contributed by atoms with E-state index in [0.29, 0.717) is 18.4 Å². The second-order valence-corrected chi connectivity index (χ2v) is 6.37. The lowest BCUT2D eigenvalue weighted by Crippen LogP contribution is -2.52. The number of amides is 1. The Kier molecular flexibility index (Phi) is 5.20. The van der Waals surface area contributed by atoms with E-state index in [9.17, 15) is 27.9 Å². The fraction of sp³-hybridized carbons (Fsp3) is 0.529. The molecule has 2 N–H and O–H groups in total. The van der Waals surface area contributed by atoms with Crippen molar-refractivity contribution in [2.75, 3.05) is 0 Å². The van der Waals surface area contributed by atoms with Crippen LogP contribution in [0.25, 0.3) is 0 Å². The molecule has 0 aromatic heterocycles. The summed E-state index contributed by atoms with van der Waals surface area (Å²) in [7, 11) is 0. The number of carbonyl (C=O) groups excluding carboxylic acids is 1. The zero-order chi connectivity index (χ0) is 18.0. The Bertz CT molecular complexity index is 605. The highest BCUT2D eigenvalue weighted by molar-refractivity contribution is 5.87. The van der Waals surface area contributed by atoms with Crippen LogP contribution in [0.5, 0.6) is 0 Å². The van der Waals surface area contributed by atoms with Crippen molar-refractivity contribution < 1.29 is 27.9 Å². The molecule has 0 saturated heterocycles. The first-order chi connectivity index (χ1) is 11.1. The van der Waals surface area contributed by atoms with Crippen LogP contribution < -0.4 is 5.32 Å². The maximum Gasteiger partial charge on any atom is 0.416 e. The maximum atomic E-state index is 12.6. The van der Waals surface area contributed by atoms with Crippen LogP contribution in [0.2, 0.25) is 0 Å². The number of hydrogen-bond donors (Lipinski definition) is 2. The first kappa shape index (κ1) is 18.3. The topological polar surface area (TPSA) is 66.4 Å². The quantitative estimate of drug-likeness (QED) is 0.856. The van der Waals surface area contributed by atoms with Gasteiger partial charge < -0.3 is 10.4 Å². The third-order valence-corrected chi connectivity index (χ3v) is 4.54. The van der Waals surface area contributed by atoms with E-state index >= 15 is 0 Å². The minimum absolute atomic E-state index is 0.0282. The molecule has 1 saturated carbocycles. The molecule has 0 radical (unpaired) electrons. The molecule has 7 heteroatoms. The van der Waals surface area contributed by atoms with E-state index in [-0.39, 0.29) is 12.3 Å². The van der Waals surface area contributed by atoms with Gasteiger partial charge in [0.2, 0.25) is 5.91 Å². The van der Waals surface area contributed by atoms with Gasteiger partial charge in [-0.2, -0.15) is 13.2 Å².